The van der Waals surface area contributed by atoms with Crippen LogP contribution in [-0.4, -0.2) is 29.0 Å². The number of allylic oxidation sites excluding steroid dienone is 2. The molecular weight excluding hydrogens is 450 g/mol. The maximum Gasteiger partial charge on any atom is 0.308 e. The van der Waals surface area contributed by atoms with Crippen molar-refractivity contribution in [3.05, 3.63) is 41.3 Å². The van der Waals surface area contributed by atoms with Crippen molar-refractivity contribution < 1.29 is 24.2 Å². The van der Waals surface area contributed by atoms with Gasteiger partial charge in [0.1, 0.15) is 5.75 Å². The molecule has 1 amide bonds. The standard InChI is InChI=1S/C27H33NO5S/c1-16(29)33-22-15-34-25-19(22)10-8-11-20(25)26(32)28-24-17(9-6-4-5-7-12-23(30)31)13-18-14-21(24)27(18,2)3/h4,6,8,10-11,15,17-18,21,24H,5,7,9,12-14H2,1-3H3,(H,28,32)(H,30,31)/t17-,18-,21-,24?/m0/s1. The highest BCUT2D eigenvalue weighted by molar-refractivity contribution is 7.18. The zero-order valence-corrected chi connectivity index (χ0v) is 20.8. The van der Waals surface area contributed by atoms with E-state index in [1.165, 1.54) is 18.3 Å². The van der Waals surface area contributed by atoms with E-state index in [0.717, 1.165) is 35.8 Å². The van der Waals surface area contributed by atoms with Crippen LogP contribution in [0, 0.1) is 23.2 Å². The molecule has 2 aromatic rings. The van der Waals surface area contributed by atoms with E-state index in [0.29, 0.717) is 35.5 Å². The lowest BCUT2D eigenvalue weighted by atomic mass is 9.44. The lowest BCUT2D eigenvalue weighted by Crippen LogP contribution is -2.63. The van der Waals surface area contributed by atoms with Gasteiger partial charge in [-0.3, -0.25) is 14.4 Å². The molecule has 3 aliphatic rings. The molecule has 0 radical (unpaired) electrons. The molecule has 3 aliphatic carbocycles. The van der Waals surface area contributed by atoms with Gasteiger partial charge >= 0.3 is 11.9 Å². The normalized spacial score (nSPS) is 25.1. The lowest BCUT2D eigenvalue weighted by Gasteiger charge is -2.62. The van der Waals surface area contributed by atoms with Crippen LogP contribution in [0.2, 0.25) is 0 Å². The number of carbonyl (C=O) groups is 3. The van der Waals surface area contributed by atoms with Gasteiger partial charge in [-0.2, -0.15) is 0 Å². The minimum absolute atomic E-state index is 0.0802. The van der Waals surface area contributed by atoms with Gasteiger partial charge in [0, 0.05) is 30.2 Å². The van der Waals surface area contributed by atoms with Gasteiger partial charge in [0.15, 0.2) is 0 Å². The van der Waals surface area contributed by atoms with Crippen LogP contribution < -0.4 is 10.1 Å². The number of hydrogen-bond acceptors (Lipinski definition) is 5. The van der Waals surface area contributed by atoms with Gasteiger partial charge in [-0.1, -0.05) is 32.1 Å². The summed E-state index contributed by atoms with van der Waals surface area (Å²) in [7, 11) is 0. The highest BCUT2D eigenvalue weighted by Gasteiger charge is 2.57. The monoisotopic (exact) mass is 483 g/mol. The number of nitrogens with one attached hydrogen (secondary N) is 1. The Hall–Kier alpha value is -2.67. The maximum absolute atomic E-state index is 13.5. The maximum atomic E-state index is 13.5. The Morgan fingerprint density at radius 2 is 2.03 bits per heavy atom. The molecule has 5 rings (SSSR count). The molecule has 6 nitrogen and oxygen atoms in total. The van der Waals surface area contributed by atoms with E-state index in [-0.39, 0.29) is 29.8 Å². The number of carboxylic acid groups (broad SMARTS) is 1. The number of ether oxygens (including phenoxy) is 1. The summed E-state index contributed by atoms with van der Waals surface area (Å²) in [6.45, 7) is 6.00. The fourth-order valence-electron chi connectivity index (χ4n) is 5.80. The first-order valence-corrected chi connectivity index (χ1v) is 12.9. The number of thiophene rings is 1. The van der Waals surface area contributed by atoms with Gasteiger partial charge in [0.25, 0.3) is 5.91 Å². The first kappa shape index (κ1) is 24.5. The number of esters is 1. The second-order valence-corrected chi connectivity index (χ2v) is 11.1. The summed E-state index contributed by atoms with van der Waals surface area (Å²) in [4.78, 5) is 35.6. The lowest BCUT2D eigenvalue weighted by molar-refractivity contribution is -0.137. The second-order valence-electron chi connectivity index (χ2n) is 10.2. The molecule has 1 aromatic carbocycles. The van der Waals surface area contributed by atoms with E-state index in [4.69, 9.17) is 9.84 Å². The average Bonchev–Trinajstić information content (AvgIpc) is 3.18. The zero-order valence-electron chi connectivity index (χ0n) is 20.0. The van der Waals surface area contributed by atoms with Crippen LogP contribution in [-0.2, 0) is 9.59 Å². The molecule has 4 atom stereocenters. The summed E-state index contributed by atoms with van der Waals surface area (Å²) in [6, 6.07) is 5.64. The molecule has 1 aromatic heterocycles. The molecule has 7 heteroatoms. The number of fused-ring (bicyclic) bond motifs is 3. The number of amides is 1. The Balaban J connectivity index is 1.49. The average molecular weight is 484 g/mol. The minimum atomic E-state index is -0.758. The number of unbranched alkanes of at least 4 members (excludes halogenated alkanes) is 1. The smallest absolute Gasteiger partial charge is 0.308 e. The quantitative estimate of drug-likeness (QED) is 0.267. The number of carbonyl (C=O) groups excluding carboxylic acids is 2. The van der Waals surface area contributed by atoms with Gasteiger partial charge in [-0.25, -0.2) is 0 Å². The highest BCUT2D eigenvalue weighted by atomic mass is 32.1. The molecule has 182 valence electrons. The number of aliphatic carboxylic acids is 1. The Kier molecular flexibility index (Phi) is 7.12. The zero-order chi connectivity index (χ0) is 24.5. The van der Waals surface area contributed by atoms with Gasteiger partial charge < -0.3 is 15.2 Å². The number of carboxylic acids is 1. The summed E-state index contributed by atoms with van der Waals surface area (Å²) in [6.07, 6.45) is 8.98. The molecule has 3 saturated carbocycles. The molecule has 1 heterocycles. The van der Waals surface area contributed by atoms with Crippen molar-refractivity contribution in [2.75, 3.05) is 0 Å². The first-order valence-electron chi connectivity index (χ1n) is 12.0. The van der Waals surface area contributed by atoms with Crippen molar-refractivity contribution >= 4 is 39.3 Å². The summed E-state index contributed by atoms with van der Waals surface area (Å²) in [5.74, 6) is 0.777. The predicted octanol–water partition coefficient (Wildman–Crippen LogP) is 5.81. The number of hydrogen-bond donors (Lipinski definition) is 2. The van der Waals surface area contributed by atoms with Crippen LogP contribution in [0.3, 0.4) is 0 Å². The summed E-state index contributed by atoms with van der Waals surface area (Å²) >= 11 is 1.42. The van der Waals surface area contributed by atoms with Crippen LogP contribution in [0.15, 0.2) is 35.7 Å². The van der Waals surface area contributed by atoms with Crippen LogP contribution in [0.25, 0.3) is 10.1 Å². The predicted molar refractivity (Wildman–Crippen MR) is 133 cm³/mol. The highest BCUT2D eigenvalue weighted by Crippen LogP contribution is 2.61. The molecule has 3 fully saturated rings. The van der Waals surface area contributed by atoms with Crippen molar-refractivity contribution in [1.82, 2.24) is 5.32 Å². The first-order chi connectivity index (χ1) is 16.2. The van der Waals surface area contributed by atoms with E-state index in [9.17, 15) is 14.4 Å². The van der Waals surface area contributed by atoms with Crippen molar-refractivity contribution in [2.45, 2.75) is 65.3 Å². The van der Waals surface area contributed by atoms with Gasteiger partial charge in [-0.05, 0) is 67.4 Å². The molecule has 2 N–H and O–H groups in total. The van der Waals surface area contributed by atoms with Crippen molar-refractivity contribution in [2.24, 2.45) is 23.2 Å². The molecule has 0 aliphatic heterocycles. The summed E-state index contributed by atoms with van der Waals surface area (Å²) in [5.41, 5.74) is 0.833. The van der Waals surface area contributed by atoms with Crippen LogP contribution in [0.1, 0.15) is 69.7 Å². The van der Waals surface area contributed by atoms with Gasteiger partial charge in [0.05, 0.1) is 10.3 Å². The molecule has 34 heavy (non-hydrogen) atoms. The van der Waals surface area contributed by atoms with Crippen LogP contribution in [0.4, 0.5) is 0 Å². The molecule has 2 bridgehead atoms. The second kappa shape index (κ2) is 9.90. The van der Waals surface area contributed by atoms with E-state index in [2.05, 4.69) is 31.3 Å². The van der Waals surface area contributed by atoms with E-state index < -0.39 is 5.97 Å². The van der Waals surface area contributed by atoms with E-state index in [1.54, 1.807) is 5.38 Å². The van der Waals surface area contributed by atoms with Crippen LogP contribution >= 0.6 is 11.3 Å². The molecule has 0 spiro atoms. The third kappa shape index (κ3) is 4.90. The van der Waals surface area contributed by atoms with E-state index >= 15 is 0 Å². The largest absolute Gasteiger partial charge is 0.481 e. The third-order valence-corrected chi connectivity index (χ3v) is 8.81. The fraction of sp³-hybridized carbons (Fsp3) is 0.519. The number of rotatable bonds is 9. The minimum Gasteiger partial charge on any atom is -0.481 e. The molecule has 0 saturated heterocycles. The SMILES string of the molecule is CC(=O)Oc1csc2c(C(=O)NC3[C@@H](CC=CCCCC(=O)O)C[C@H]4C[C@@H]3C4(C)C)cccc12. The van der Waals surface area contributed by atoms with Crippen molar-refractivity contribution in [1.29, 1.82) is 0 Å². The third-order valence-electron chi connectivity index (χ3n) is 7.80. The number of benzene rings is 1. The Bertz CT molecular complexity index is 1120. The Morgan fingerprint density at radius 1 is 1.24 bits per heavy atom. The molecule has 1 unspecified atom stereocenters. The van der Waals surface area contributed by atoms with E-state index in [1.807, 2.05) is 18.2 Å². The van der Waals surface area contributed by atoms with Crippen molar-refractivity contribution in [3.8, 4) is 5.75 Å². The van der Waals surface area contributed by atoms with Crippen molar-refractivity contribution in [3.63, 3.8) is 0 Å². The fourth-order valence-corrected chi connectivity index (χ4v) is 6.79. The van der Waals surface area contributed by atoms with Gasteiger partial charge in [-0.15, -0.1) is 11.3 Å². The summed E-state index contributed by atoms with van der Waals surface area (Å²) in [5, 5.41) is 14.7. The molecular formula is C27H33NO5S. The van der Waals surface area contributed by atoms with Gasteiger partial charge in [0.2, 0.25) is 0 Å². The topological polar surface area (TPSA) is 92.7 Å². The Morgan fingerprint density at radius 3 is 2.74 bits per heavy atom. The Labute approximate surface area is 204 Å². The van der Waals surface area contributed by atoms with Crippen LogP contribution in [0.5, 0.6) is 5.75 Å². The summed E-state index contributed by atoms with van der Waals surface area (Å²) < 4.78 is 6.13.